The molecule has 0 spiro atoms. The minimum Gasteiger partial charge on any atom is -0.490 e. The third-order valence-corrected chi connectivity index (χ3v) is 4.63. The van der Waals surface area contributed by atoms with Gasteiger partial charge >= 0.3 is 6.18 Å². The monoisotopic (exact) mass is 391 g/mol. The molecule has 3 rings (SSSR count). The van der Waals surface area contributed by atoms with E-state index in [1.54, 1.807) is 18.2 Å². The van der Waals surface area contributed by atoms with Crippen LogP contribution in [0.15, 0.2) is 48.5 Å². The molecule has 0 radical (unpaired) electrons. The molecule has 1 aliphatic heterocycles. The van der Waals surface area contributed by atoms with E-state index >= 15 is 0 Å². The van der Waals surface area contributed by atoms with Gasteiger partial charge < -0.3 is 9.64 Å². The largest absolute Gasteiger partial charge is 0.490 e. The minimum atomic E-state index is -4.36. The Morgan fingerprint density at radius 1 is 1.04 bits per heavy atom. The molecule has 0 saturated carbocycles. The zero-order chi connectivity index (χ0) is 20.0. The predicted molar refractivity (Wildman–Crippen MR) is 99.4 cm³/mol. The molecule has 0 bridgehead atoms. The summed E-state index contributed by atoms with van der Waals surface area (Å²) in [6, 6.07) is 11.1. The Morgan fingerprint density at radius 3 is 2.43 bits per heavy atom. The molecule has 1 saturated heterocycles. The van der Waals surface area contributed by atoms with Crippen molar-refractivity contribution in [3.63, 3.8) is 0 Å². The summed E-state index contributed by atoms with van der Waals surface area (Å²) in [6.45, 7) is 2.47. The molecule has 1 heterocycles. The molecule has 28 heavy (non-hydrogen) atoms. The van der Waals surface area contributed by atoms with Crippen LogP contribution in [0.25, 0.3) is 0 Å². The normalized spacial score (nSPS) is 15.7. The standard InChI is InChI=1S/C22H21F4NO/c23-19-9-7-17(8-10-19)4-1-2-13-27-14-11-20(12-15-27)28-21-6-3-5-18(16-21)22(24,25)26/h3,5-10,16,20H,2,11-15H2. The lowest BCUT2D eigenvalue weighted by molar-refractivity contribution is -0.137. The third kappa shape index (κ3) is 6.00. The van der Waals surface area contributed by atoms with Crippen molar-refractivity contribution in [3.05, 3.63) is 65.5 Å². The summed E-state index contributed by atoms with van der Waals surface area (Å²) in [4.78, 5) is 2.27. The van der Waals surface area contributed by atoms with Gasteiger partial charge in [-0.3, -0.25) is 0 Å². The average Bonchev–Trinajstić information content (AvgIpc) is 2.67. The first-order valence-corrected chi connectivity index (χ1v) is 9.21. The fourth-order valence-corrected chi connectivity index (χ4v) is 3.10. The van der Waals surface area contributed by atoms with Crippen molar-refractivity contribution < 1.29 is 22.3 Å². The molecule has 0 amide bonds. The zero-order valence-electron chi connectivity index (χ0n) is 15.3. The number of hydrogen-bond donors (Lipinski definition) is 0. The van der Waals surface area contributed by atoms with Crippen LogP contribution in [0.5, 0.6) is 5.75 Å². The van der Waals surface area contributed by atoms with Crippen LogP contribution >= 0.6 is 0 Å². The second-order valence-electron chi connectivity index (χ2n) is 6.74. The van der Waals surface area contributed by atoms with E-state index in [4.69, 9.17) is 4.74 Å². The van der Waals surface area contributed by atoms with Crippen LogP contribution in [-0.2, 0) is 6.18 Å². The van der Waals surface area contributed by atoms with E-state index < -0.39 is 11.7 Å². The first-order chi connectivity index (χ1) is 13.4. The highest BCUT2D eigenvalue weighted by molar-refractivity contribution is 5.34. The van der Waals surface area contributed by atoms with Crippen LogP contribution in [0.3, 0.4) is 0 Å². The summed E-state index contributed by atoms with van der Waals surface area (Å²) in [5.41, 5.74) is 0.0942. The Morgan fingerprint density at radius 2 is 1.75 bits per heavy atom. The van der Waals surface area contributed by atoms with Crippen molar-refractivity contribution in [2.45, 2.75) is 31.5 Å². The van der Waals surface area contributed by atoms with Gasteiger partial charge in [-0.1, -0.05) is 17.9 Å². The SMILES string of the molecule is Fc1ccc(C#CCCN2CCC(Oc3cccc(C(F)(F)F)c3)CC2)cc1. The van der Waals surface area contributed by atoms with Crippen molar-refractivity contribution >= 4 is 0 Å². The van der Waals surface area contributed by atoms with Gasteiger partial charge in [-0.25, -0.2) is 4.39 Å². The number of nitrogens with zero attached hydrogens (tertiary/aromatic N) is 1. The van der Waals surface area contributed by atoms with Crippen molar-refractivity contribution in [1.82, 2.24) is 4.90 Å². The second-order valence-corrected chi connectivity index (χ2v) is 6.74. The topological polar surface area (TPSA) is 12.5 Å². The molecule has 0 aromatic heterocycles. The van der Waals surface area contributed by atoms with Crippen LogP contribution in [0.1, 0.15) is 30.4 Å². The van der Waals surface area contributed by atoms with Crippen LogP contribution in [-0.4, -0.2) is 30.6 Å². The molecule has 6 heteroatoms. The molecule has 1 aliphatic rings. The average molecular weight is 391 g/mol. The number of piperidine rings is 1. The predicted octanol–water partition coefficient (Wildman–Crippen LogP) is 5.13. The van der Waals surface area contributed by atoms with Crippen LogP contribution in [0.2, 0.25) is 0 Å². The van der Waals surface area contributed by atoms with E-state index in [0.717, 1.165) is 50.2 Å². The smallest absolute Gasteiger partial charge is 0.416 e. The maximum atomic E-state index is 12.8. The van der Waals surface area contributed by atoms with E-state index in [9.17, 15) is 17.6 Å². The highest BCUT2D eigenvalue weighted by Crippen LogP contribution is 2.32. The number of benzene rings is 2. The first kappa shape index (κ1) is 20.2. The quantitative estimate of drug-likeness (QED) is 0.529. The zero-order valence-corrected chi connectivity index (χ0v) is 15.3. The third-order valence-electron chi connectivity index (χ3n) is 4.63. The molecule has 1 fully saturated rings. The Labute approximate surface area is 162 Å². The minimum absolute atomic E-state index is 0.0787. The molecule has 2 aromatic carbocycles. The van der Waals surface area contributed by atoms with Crippen LogP contribution in [0.4, 0.5) is 17.6 Å². The fourth-order valence-electron chi connectivity index (χ4n) is 3.10. The summed E-state index contributed by atoms with van der Waals surface area (Å²) in [5, 5.41) is 0. The molecule has 2 aromatic rings. The molecule has 148 valence electrons. The lowest BCUT2D eigenvalue weighted by Gasteiger charge is -2.31. The maximum absolute atomic E-state index is 12.8. The van der Waals surface area contributed by atoms with Gasteiger partial charge in [0.15, 0.2) is 0 Å². The number of alkyl halides is 3. The Bertz CT molecular complexity index is 828. The van der Waals surface area contributed by atoms with Gasteiger partial charge in [0.1, 0.15) is 17.7 Å². The summed E-state index contributed by atoms with van der Waals surface area (Å²) in [6.07, 6.45) is -2.21. The Hall–Kier alpha value is -2.52. The van der Waals surface area contributed by atoms with Crippen molar-refractivity contribution in [1.29, 1.82) is 0 Å². The number of likely N-dealkylation sites (tertiary alicyclic amines) is 1. The second kappa shape index (κ2) is 9.11. The van der Waals surface area contributed by atoms with Crippen molar-refractivity contribution in [2.75, 3.05) is 19.6 Å². The van der Waals surface area contributed by atoms with E-state index in [0.29, 0.717) is 6.42 Å². The van der Waals surface area contributed by atoms with E-state index in [1.165, 1.54) is 18.2 Å². The van der Waals surface area contributed by atoms with E-state index in [-0.39, 0.29) is 17.7 Å². The highest BCUT2D eigenvalue weighted by atomic mass is 19.4. The maximum Gasteiger partial charge on any atom is 0.416 e. The fraction of sp³-hybridized carbons (Fsp3) is 0.364. The summed E-state index contributed by atoms with van der Waals surface area (Å²) in [5.74, 6) is 6.08. The Balaban J connectivity index is 1.42. The lowest BCUT2D eigenvalue weighted by Crippen LogP contribution is -2.38. The lowest BCUT2D eigenvalue weighted by atomic mass is 10.1. The van der Waals surface area contributed by atoms with Crippen molar-refractivity contribution in [2.24, 2.45) is 0 Å². The molecular weight excluding hydrogens is 370 g/mol. The molecule has 0 atom stereocenters. The molecular formula is C22H21F4NO. The van der Waals surface area contributed by atoms with Crippen LogP contribution < -0.4 is 4.74 Å². The van der Waals surface area contributed by atoms with Gasteiger partial charge in [0.05, 0.1) is 5.56 Å². The Kier molecular flexibility index (Phi) is 6.58. The summed E-state index contributed by atoms with van der Waals surface area (Å²) >= 11 is 0. The number of rotatable bonds is 4. The molecule has 0 aliphatic carbocycles. The summed E-state index contributed by atoms with van der Waals surface area (Å²) < 4.78 is 56.9. The van der Waals surface area contributed by atoms with Crippen LogP contribution in [0, 0.1) is 17.7 Å². The van der Waals surface area contributed by atoms with Gasteiger partial charge in [-0.15, -0.1) is 0 Å². The molecule has 0 N–H and O–H groups in total. The van der Waals surface area contributed by atoms with Gasteiger partial charge in [-0.05, 0) is 55.3 Å². The first-order valence-electron chi connectivity index (χ1n) is 9.21. The van der Waals surface area contributed by atoms with E-state index in [1.807, 2.05) is 0 Å². The molecule has 0 unspecified atom stereocenters. The van der Waals surface area contributed by atoms with Gasteiger partial charge in [0.25, 0.3) is 0 Å². The number of halogens is 4. The summed E-state index contributed by atoms with van der Waals surface area (Å²) in [7, 11) is 0. The van der Waals surface area contributed by atoms with Gasteiger partial charge in [0, 0.05) is 31.6 Å². The van der Waals surface area contributed by atoms with Gasteiger partial charge in [0.2, 0.25) is 0 Å². The van der Waals surface area contributed by atoms with Crippen molar-refractivity contribution in [3.8, 4) is 17.6 Å². The highest BCUT2D eigenvalue weighted by Gasteiger charge is 2.31. The van der Waals surface area contributed by atoms with E-state index in [2.05, 4.69) is 16.7 Å². The number of ether oxygens (including phenoxy) is 1. The molecule has 2 nitrogen and oxygen atoms in total. The van der Waals surface area contributed by atoms with Gasteiger partial charge in [-0.2, -0.15) is 13.2 Å². The number of hydrogen-bond acceptors (Lipinski definition) is 2.